The molecule has 0 spiro atoms. The van der Waals surface area contributed by atoms with Crippen molar-refractivity contribution in [2.24, 2.45) is 11.8 Å². The van der Waals surface area contributed by atoms with Gasteiger partial charge in [0.25, 0.3) is 0 Å². The number of unbranched alkanes of at least 4 members (excludes halogenated alkanes) is 1. The summed E-state index contributed by atoms with van der Waals surface area (Å²) in [6, 6.07) is 10.8. The molecule has 0 unspecified atom stereocenters. The van der Waals surface area contributed by atoms with Gasteiger partial charge in [0.1, 0.15) is 0 Å². The smallest absolute Gasteiger partial charge is 0.171 e. The Balaban J connectivity index is 1.29. The highest BCUT2D eigenvalue weighted by Gasteiger charge is 2.52. The zero-order chi connectivity index (χ0) is 17.3. The van der Waals surface area contributed by atoms with E-state index in [9.17, 15) is 0 Å². The van der Waals surface area contributed by atoms with Crippen LogP contribution in [0.5, 0.6) is 0 Å². The molecular formula is C22H33NO2. The standard InChI is InChI=1S/C22H33NO2/c1-17-11-12-19-20(14-17)24-21-15-23(16-22(19,2)25-21)13-7-6-10-18-8-4-3-5-9-18/h3-5,8-9,17,19-21H,6-7,10-16H2,1-2H3/t17-,19-,20+,21-,22+/m1/s1. The highest BCUT2D eigenvalue weighted by Crippen LogP contribution is 2.45. The summed E-state index contributed by atoms with van der Waals surface area (Å²) in [6.07, 6.45) is 7.91. The molecule has 1 saturated carbocycles. The second kappa shape index (κ2) is 7.38. The molecule has 2 bridgehead atoms. The molecule has 3 fully saturated rings. The lowest BCUT2D eigenvalue weighted by atomic mass is 9.71. The third-order valence-electron chi connectivity index (χ3n) is 6.54. The summed E-state index contributed by atoms with van der Waals surface area (Å²) in [4.78, 5) is 2.59. The molecule has 3 nitrogen and oxygen atoms in total. The fraction of sp³-hybridized carbons (Fsp3) is 0.727. The Morgan fingerprint density at radius 2 is 2.00 bits per heavy atom. The van der Waals surface area contributed by atoms with Crippen LogP contribution in [-0.2, 0) is 15.9 Å². The Kier molecular flexibility index (Phi) is 5.17. The Hall–Kier alpha value is -0.900. The Morgan fingerprint density at radius 1 is 1.16 bits per heavy atom. The van der Waals surface area contributed by atoms with Crippen LogP contribution in [0.2, 0.25) is 0 Å². The van der Waals surface area contributed by atoms with Crippen molar-refractivity contribution in [1.82, 2.24) is 4.90 Å². The maximum absolute atomic E-state index is 6.36. The molecular weight excluding hydrogens is 310 g/mol. The van der Waals surface area contributed by atoms with Gasteiger partial charge in [-0.1, -0.05) is 43.7 Å². The van der Waals surface area contributed by atoms with Crippen LogP contribution in [0.25, 0.3) is 0 Å². The Labute approximate surface area is 152 Å². The van der Waals surface area contributed by atoms with Gasteiger partial charge in [-0.05, 0) is 57.1 Å². The normalized spacial score (nSPS) is 38.3. The molecule has 0 amide bonds. The van der Waals surface area contributed by atoms with Gasteiger partial charge in [0, 0.05) is 19.0 Å². The maximum atomic E-state index is 6.36. The largest absolute Gasteiger partial charge is 0.348 e. The summed E-state index contributed by atoms with van der Waals surface area (Å²) in [5.41, 5.74) is 1.45. The van der Waals surface area contributed by atoms with Gasteiger partial charge < -0.3 is 9.47 Å². The molecule has 0 radical (unpaired) electrons. The van der Waals surface area contributed by atoms with Gasteiger partial charge in [-0.15, -0.1) is 0 Å². The third-order valence-corrected chi connectivity index (χ3v) is 6.54. The predicted molar refractivity (Wildman–Crippen MR) is 100 cm³/mol. The number of rotatable bonds is 5. The molecule has 3 heteroatoms. The molecule has 1 aliphatic carbocycles. The molecule has 1 aromatic carbocycles. The molecule has 25 heavy (non-hydrogen) atoms. The fourth-order valence-electron chi connectivity index (χ4n) is 5.22. The van der Waals surface area contributed by atoms with Crippen molar-refractivity contribution in [3.8, 4) is 0 Å². The van der Waals surface area contributed by atoms with E-state index < -0.39 is 0 Å². The quantitative estimate of drug-likeness (QED) is 0.746. The van der Waals surface area contributed by atoms with E-state index in [4.69, 9.17) is 9.47 Å². The number of ether oxygens (including phenoxy) is 2. The molecule has 0 aromatic heterocycles. The molecule has 0 N–H and O–H groups in total. The van der Waals surface area contributed by atoms with E-state index in [1.165, 1.54) is 50.6 Å². The number of morpholine rings is 1. The van der Waals surface area contributed by atoms with Crippen LogP contribution in [0, 0.1) is 11.8 Å². The molecule has 2 heterocycles. The van der Waals surface area contributed by atoms with Crippen molar-refractivity contribution in [3.05, 3.63) is 35.9 Å². The summed E-state index contributed by atoms with van der Waals surface area (Å²) < 4.78 is 12.7. The number of hydrogen-bond acceptors (Lipinski definition) is 3. The average molecular weight is 344 g/mol. The van der Waals surface area contributed by atoms with E-state index in [-0.39, 0.29) is 11.9 Å². The number of aryl methyl sites for hydroxylation is 1. The van der Waals surface area contributed by atoms with Gasteiger partial charge in [-0.2, -0.15) is 0 Å². The van der Waals surface area contributed by atoms with Crippen LogP contribution < -0.4 is 0 Å². The van der Waals surface area contributed by atoms with Crippen molar-refractivity contribution in [1.29, 1.82) is 0 Å². The molecule has 5 atom stereocenters. The van der Waals surface area contributed by atoms with Gasteiger partial charge in [-0.25, -0.2) is 0 Å². The lowest BCUT2D eigenvalue weighted by molar-refractivity contribution is -0.341. The van der Waals surface area contributed by atoms with E-state index in [0.717, 1.165) is 19.0 Å². The first-order chi connectivity index (χ1) is 12.1. The second-order valence-electron chi connectivity index (χ2n) is 8.74. The third kappa shape index (κ3) is 3.94. The Bertz CT molecular complexity index is 562. The lowest BCUT2D eigenvalue weighted by Crippen LogP contribution is -2.66. The minimum Gasteiger partial charge on any atom is -0.348 e. The lowest BCUT2D eigenvalue weighted by Gasteiger charge is -2.56. The van der Waals surface area contributed by atoms with Crippen molar-refractivity contribution in [2.75, 3.05) is 19.6 Å². The first-order valence-corrected chi connectivity index (χ1v) is 10.2. The number of hydrogen-bond donors (Lipinski definition) is 0. The second-order valence-corrected chi connectivity index (χ2v) is 8.74. The Morgan fingerprint density at radius 3 is 2.84 bits per heavy atom. The first kappa shape index (κ1) is 17.5. The van der Waals surface area contributed by atoms with Crippen LogP contribution in [-0.4, -0.2) is 42.5 Å². The number of benzene rings is 1. The van der Waals surface area contributed by atoms with Crippen LogP contribution in [0.4, 0.5) is 0 Å². The average Bonchev–Trinajstić information content (AvgIpc) is 2.58. The van der Waals surface area contributed by atoms with E-state index in [1.807, 2.05) is 0 Å². The molecule has 138 valence electrons. The first-order valence-electron chi connectivity index (χ1n) is 10.2. The van der Waals surface area contributed by atoms with Gasteiger partial charge >= 0.3 is 0 Å². The topological polar surface area (TPSA) is 21.7 Å². The van der Waals surface area contributed by atoms with Gasteiger partial charge in [0.2, 0.25) is 0 Å². The van der Waals surface area contributed by atoms with Crippen molar-refractivity contribution in [2.45, 2.75) is 70.4 Å². The monoisotopic (exact) mass is 343 g/mol. The summed E-state index contributed by atoms with van der Waals surface area (Å²) in [5, 5.41) is 0. The zero-order valence-corrected chi connectivity index (χ0v) is 15.8. The SMILES string of the molecule is C[C@@H]1CC[C@@H]2[C@H](C1)O[C@H]1CN(CCCCc3ccccc3)C[C@]2(C)O1. The minimum atomic E-state index is -0.0144. The summed E-state index contributed by atoms with van der Waals surface area (Å²) in [7, 11) is 0. The molecule has 1 aromatic rings. The maximum Gasteiger partial charge on any atom is 0.171 e. The zero-order valence-electron chi connectivity index (χ0n) is 15.8. The number of fused-ring (bicyclic) bond motifs is 4. The highest BCUT2D eigenvalue weighted by molar-refractivity contribution is 5.14. The van der Waals surface area contributed by atoms with Crippen molar-refractivity contribution < 1.29 is 9.47 Å². The van der Waals surface area contributed by atoms with Crippen molar-refractivity contribution in [3.63, 3.8) is 0 Å². The van der Waals surface area contributed by atoms with Crippen LogP contribution >= 0.6 is 0 Å². The molecule has 2 aliphatic heterocycles. The summed E-state index contributed by atoms with van der Waals surface area (Å²) in [6.45, 7) is 7.89. The van der Waals surface area contributed by atoms with Crippen LogP contribution in [0.15, 0.2) is 30.3 Å². The molecule has 4 rings (SSSR count). The summed E-state index contributed by atoms with van der Waals surface area (Å²) >= 11 is 0. The van der Waals surface area contributed by atoms with Crippen LogP contribution in [0.3, 0.4) is 0 Å². The van der Waals surface area contributed by atoms with Gasteiger partial charge in [0.15, 0.2) is 6.29 Å². The predicted octanol–water partition coefficient (Wildman–Crippen LogP) is 4.26. The molecule has 2 saturated heterocycles. The fourth-order valence-corrected chi connectivity index (χ4v) is 5.22. The highest BCUT2D eigenvalue weighted by atomic mass is 16.7. The van der Waals surface area contributed by atoms with Gasteiger partial charge in [0.05, 0.1) is 11.7 Å². The van der Waals surface area contributed by atoms with Crippen molar-refractivity contribution >= 4 is 0 Å². The summed E-state index contributed by atoms with van der Waals surface area (Å²) in [5.74, 6) is 1.38. The molecule has 3 aliphatic rings. The van der Waals surface area contributed by atoms with E-state index in [0.29, 0.717) is 12.0 Å². The van der Waals surface area contributed by atoms with Gasteiger partial charge in [-0.3, -0.25) is 4.90 Å². The van der Waals surface area contributed by atoms with E-state index >= 15 is 0 Å². The number of nitrogens with zero attached hydrogens (tertiary/aromatic N) is 1. The van der Waals surface area contributed by atoms with Crippen LogP contribution in [0.1, 0.15) is 51.5 Å². The van der Waals surface area contributed by atoms with E-state index in [2.05, 4.69) is 49.1 Å². The minimum absolute atomic E-state index is 0.00853. The van der Waals surface area contributed by atoms with E-state index in [1.54, 1.807) is 0 Å².